The van der Waals surface area contributed by atoms with Gasteiger partial charge in [-0.2, -0.15) is 0 Å². The Balaban J connectivity index is 2.01. The Morgan fingerprint density at radius 2 is 2.43 bits per heavy atom. The molecule has 14 heavy (non-hydrogen) atoms. The Bertz CT molecular complexity index is 305. The number of rotatable bonds is 2. The standard InChI is InChI=1S/C10H13BrO2S/c11-9-3-2-8(14-9)6-10(12)4-1-5-13-7-10/h2-3,12H,1,4-7H2. The molecule has 1 aliphatic heterocycles. The summed E-state index contributed by atoms with van der Waals surface area (Å²) in [6.45, 7) is 1.26. The fourth-order valence-corrected chi connectivity index (χ4v) is 3.37. The van der Waals surface area contributed by atoms with E-state index in [0.29, 0.717) is 13.0 Å². The van der Waals surface area contributed by atoms with E-state index in [1.54, 1.807) is 11.3 Å². The molecule has 0 bridgehead atoms. The minimum Gasteiger partial charge on any atom is -0.387 e. The molecule has 78 valence electrons. The minimum atomic E-state index is -0.636. The average Bonchev–Trinajstić information content (AvgIpc) is 2.51. The first-order chi connectivity index (χ1) is 6.68. The molecule has 1 aromatic rings. The van der Waals surface area contributed by atoms with Gasteiger partial charge in [0.15, 0.2) is 0 Å². The minimum absolute atomic E-state index is 0.475. The van der Waals surface area contributed by atoms with Gasteiger partial charge in [-0.05, 0) is 40.9 Å². The van der Waals surface area contributed by atoms with Crippen molar-refractivity contribution in [3.8, 4) is 0 Å². The number of ether oxygens (including phenoxy) is 1. The second-order valence-electron chi connectivity index (χ2n) is 3.76. The molecule has 1 unspecified atom stereocenters. The molecule has 2 heterocycles. The summed E-state index contributed by atoms with van der Waals surface area (Å²) in [6, 6.07) is 4.08. The molecular formula is C10H13BrO2S. The van der Waals surface area contributed by atoms with Gasteiger partial charge in [-0.1, -0.05) is 0 Å². The highest BCUT2D eigenvalue weighted by molar-refractivity contribution is 9.11. The van der Waals surface area contributed by atoms with Crippen LogP contribution in [0.3, 0.4) is 0 Å². The van der Waals surface area contributed by atoms with Gasteiger partial charge < -0.3 is 9.84 Å². The predicted octanol–water partition coefficient (Wildman–Crippen LogP) is 2.59. The summed E-state index contributed by atoms with van der Waals surface area (Å²) < 4.78 is 6.43. The van der Waals surface area contributed by atoms with Gasteiger partial charge in [0, 0.05) is 17.9 Å². The number of aliphatic hydroxyl groups is 1. The Morgan fingerprint density at radius 1 is 1.57 bits per heavy atom. The van der Waals surface area contributed by atoms with E-state index in [-0.39, 0.29) is 0 Å². The SMILES string of the molecule is OC1(Cc2ccc(Br)s2)CCCOC1. The number of thiophene rings is 1. The van der Waals surface area contributed by atoms with Gasteiger partial charge in [-0.25, -0.2) is 0 Å². The van der Waals surface area contributed by atoms with Crippen LogP contribution in [0.2, 0.25) is 0 Å². The third kappa shape index (κ3) is 2.57. The van der Waals surface area contributed by atoms with Crippen LogP contribution in [0.4, 0.5) is 0 Å². The van der Waals surface area contributed by atoms with E-state index in [1.807, 2.05) is 6.07 Å². The summed E-state index contributed by atoms with van der Waals surface area (Å²) >= 11 is 5.10. The van der Waals surface area contributed by atoms with Crippen molar-refractivity contribution >= 4 is 27.3 Å². The lowest BCUT2D eigenvalue weighted by Crippen LogP contribution is -2.40. The first kappa shape index (κ1) is 10.6. The van der Waals surface area contributed by atoms with Crippen LogP contribution in [0.15, 0.2) is 15.9 Å². The van der Waals surface area contributed by atoms with Crippen LogP contribution in [0.1, 0.15) is 17.7 Å². The van der Waals surface area contributed by atoms with Crippen LogP contribution >= 0.6 is 27.3 Å². The first-order valence-electron chi connectivity index (χ1n) is 4.72. The van der Waals surface area contributed by atoms with E-state index in [4.69, 9.17) is 4.74 Å². The zero-order valence-corrected chi connectivity index (χ0v) is 10.2. The van der Waals surface area contributed by atoms with Crippen LogP contribution in [0, 0.1) is 0 Å². The third-order valence-corrected chi connectivity index (χ3v) is 4.06. The lowest BCUT2D eigenvalue weighted by molar-refractivity contribution is -0.0840. The lowest BCUT2D eigenvalue weighted by atomic mass is 9.92. The highest BCUT2D eigenvalue weighted by Crippen LogP contribution is 2.29. The Kier molecular flexibility index (Phi) is 3.27. The Hall–Kier alpha value is 0.1000. The summed E-state index contributed by atoms with van der Waals surface area (Å²) in [4.78, 5) is 1.21. The van der Waals surface area contributed by atoms with Crippen LogP contribution in [0.5, 0.6) is 0 Å². The molecule has 0 radical (unpaired) electrons. The molecule has 0 spiro atoms. The molecule has 0 aromatic carbocycles. The molecule has 2 nitrogen and oxygen atoms in total. The summed E-state index contributed by atoms with van der Waals surface area (Å²) in [5.74, 6) is 0. The Labute approximate surface area is 96.0 Å². The molecule has 4 heteroatoms. The van der Waals surface area contributed by atoms with Crippen molar-refractivity contribution in [3.63, 3.8) is 0 Å². The highest BCUT2D eigenvalue weighted by Gasteiger charge is 2.30. The molecule has 0 amide bonds. The van der Waals surface area contributed by atoms with Gasteiger partial charge in [-0.3, -0.25) is 0 Å². The molecular weight excluding hydrogens is 264 g/mol. The number of hydrogen-bond acceptors (Lipinski definition) is 3. The van der Waals surface area contributed by atoms with Gasteiger partial charge in [0.2, 0.25) is 0 Å². The van der Waals surface area contributed by atoms with E-state index in [9.17, 15) is 5.11 Å². The van der Waals surface area contributed by atoms with Crippen LogP contribution in [-0.4, -0.2) is 23.9 Å². The maximum absolute atomic E-state index is 10.2. The molecule has 1 fully saturated rings. The van der Waals surface area contributed by atoms with E-state index in [1.165, 1.54) is 4.88 Å². The third-order valence-electron chi connectivity index (χ3n) is 2.43. The Morgan fingerprint density at radius 3 is 3.00 bits per heavy atom. The molecule has 1 aliphatic rings. The molecule has 1 saturated heterocycles. The molecule has 0 saturated carbocycles. The summed E-state index contributed by atoms with van der Waals surface area (Å²) in [7, 11) is 0. The van der Waals surface area contributed by atoms with Crippen molar-refractivity contribution in [1.29, 1.82) is 0 Å². The zero-order chi connectivity index (χ0) is 10.0. The van der Waals surface area contributed by atoms with Crippen molar-refractivity contribution in [3.05, 3.63) is 20.8 Å². The zero-order valence-electron chi connectivity index (χ0n) is 7.83. The maximum Gasteiger partial charge on any atom is 0.0928 e. The lowest BCUT2D eigenvalue weighted by Gasteiger charge is -2.31. The van der Waals surface area contributed by atoms with Crippen molar-refractivity contribution < 1.29 is 9.84 Å². The molecule has 1 atom stereocenters. The van der Waals surface area contributed by atoms with Gasteiger partial charge in [-0.15, -0.1) is 11.3 Å². The monoisotopic (exact) mass is 276 g/mol. The van der Waals surface area contributed by atoms with E-state index >= 15 is 0 Å². The van der Waals surface area contributed by atoms with Crippen molar-refractivity contribution in [1.82, 2.24) is 0 Å². The van der Waals surface area contributed by atoms with E-state index < -0.39 is 5.60 Å². The quantitative estimate of drug-likeness (QED) is 0.900. The topological polar surface area (TPSA) is 29.5 Å². The van der Waals surface area contributed by atoms with Crippen LogP contribution in [0.25, 0.3) is 0 Å². The summed E-state index contributed by atoms with van der Waals surface area (Å²) in [6.07, 6.45) is 2.52. The average molecular weight is 277 g/mol. The second kappa shape index (κ2) is 4.31. The van der Waals surface area contributed by atoms with Gasteiger partial charge >= 0.3 is 0 Å². The number of halogens is 1. The fraction of sp³-hybridized carbons (Fsp3) is 0.600. The normalized spacial score (nSPS) is 27.9. The predicted molar refractivity (Wildman–Crippen MR) is 60.7 cm³/mol. The van der Waals surface area contributed by atoms with Gasteiger partial charge in [0.05, 0.1) is 16.0 Å². The van der Waals surface area contributed by atoms with Gasteiger partial charge in [0.1, 0.15) is 0 Å². The first-order valence-corrected chi connectivity index (χ1v) is 6.33. The molecule has 2 rings (SSSR count). The van der Waals surface area contributed by atoms with Crippen molar-refractivity contribution in [2.24, 2.45) is 0 Å². The highest BCUT2D eigenvalue weighted by atomic mass is 79.9. The largest absolute Gasteiger partial charge is 0.387 e. The fourth-order valence-electron chi connectivity index (χ4n) is 1.75. The van der Waals surface area contributed by atoms with Gasteiger partial charge in [0.25, 0.3) is 0 Å². The number of hydrogen-bond donors (Lipinski definition) is 1. The van der Waals surface area contributed by atoms with Crippen LogP contribution < -0.4 is 0 Å². The summed E-state index contributed by atoms with van der Waals surface area (Å²) in [5, 5.41) is 10.2. The maximum atomic E-state index is 10.2. The van der Waals surface area contributed by atoms with E-state index in [2.05, 4.69) is 22.0 Å². The summed E-state index contributed by atoms with van der Waals surface area (Å²) in [5.41, 5.74) is -0.636. The second-order valence-corrected chi connectivity index (χ2v) is 6.31. The van der Waals surface area contributed by atoms with Crippen LogP contribution in [-0.2, 0) is 11.2 Å². The van der Waals surface area contributed by atoms with E-state index in [0.717, 1.165) is 23.2 Å². The molecule has 1 N–H and O–H groups in total. The smallest absolute Gasteiger partial charge is 0.0928 e. The molecule has 0 aliphatic carbocycles. The molecule has 1 aromatic heterocycles. The van der Waals surface area contributed by atoms with Crippen molar-refractivity contribution in [2.75, 3.05) is 13.2 Å². The van der Waals surface area contributed by atoms with Crippen molar-refractivity contribution in [2.45, 2.75) is 24.9 Å².